The fraction of sp³-hybridized carbons (Fsp3) is 0.938. The number of carbonyl (C=O) groups is 1. The second-order valence-electron chi connectivity index (χ2n) is 7.19. The van der Waals surface area contributed by atoms with Crippen molar-refractivity contribution in [2.45, 2.75) is 71.3 Å². The zero-order valence-electron chi connectivity index (χ0n) is 12.2. The van der Waals surface area contributed by atoms with Crippen molar-refractivity contribution in [1.29, 1.82) is 0 Å². The summed E-state index contributed by atoms with van der Waals surface area (Å²) in [4.78, 5) is 12.7. The van der Waals surface area contributed by atoms with Gasteiger partial charge in [0, 0.05) is 5.92 Å². The monoisotopic (exact) mass is 251 g/mol. The molecule has 0 aromatic rings. The van der Waals surface area contributed by atoms with Crippen molar-refractivity contribution in [3.63, 3.8) is 0 Å². The van der Waals surface area contributed by atoms with Crippen LogP contribution >= 0.6 is 0 Å². The molecule has 2 heteroatoms. The number of carbonyl (C=O) groups excluding carboxylic acids is 1. The lowest BCUT2D eigenvalue weighted by molar-refractivity contribution is -0.131. The quantitative estimate of drug-likeness (QED) is 0.815. The van der Waals surface area contributed by atoms with Crippen LogP contribution in [0.3, 0.4) is 0 Å². The maximum Gasteiger partial charge on any atom is 0.155 e. The predicted molar refractivity (Wildman–Crippen MR) is 75.2 cm³/mol. The first-order chi connectivity index (χ1) is 8.42. The molecule has 2 aliphatic carbocycles. The Bertz CT molecular complexity index is 314. The molecule has 5 atom stereocenters. The molecule has 0 aliphatic heterocycles. The Morgan fingerprint density at radius 3 is 2.44 bits per heavy atom. The highest BCUT2D eigenvalue weighted by molar-refractivity contribution is 5.90. The van der Waals surface area contributed by atoms with Gasteiger partial charge >= 0.3 is 0 Å². The third-order valence-electron chi connectivity index (χ3n) is 5.49. The molecule has 2 N–H and O–H groups in total. The topological polar surface area (TPSA) is 43.1 Å². The Morgan fingerprint density at radius 2 is 1.83 bits per heavy atom. The Kier molecular flexibility index (Phi) is 4.15. The summed E-state index contributed by atoms with van der Waals surface area (Å²) in [7, 11) is 0. The van der Waals surface area contributed by atoms with E-state index in [0.717, 1.165) is 38.0 Å². The SMILES string of the molecule is CC1CCCC(N)(C(=O)C2CCC(C)C(C)C2)C1. The zero-order valence-corrected chi connectivity index (χ0v) is 12.2. The van der Waals surface area contributed by atoms with Gasteiger partial charge in [-0.3, -0.25) is 4.79 Å². The first kappa shape index (κ1) is 14.0. The van der Waals surface area contributed by atoms with Crippen LogP contribution < -0.4 is 5.73 Å². The van der Waals surface area contributed by atoms with Gasteiger partial charge in [0.25, 0.3) is 0 Å². The van der Waals surface area contributed by atoms with E-state index in [-0.39, 0.29) is 5.92 Å². The predicted octanol–water partition coefficient (Wildman–Crippen LogP) is 3.54. The van der Waals surface area contributed by atoms with Gasteiger partial charge in [-0.2, -0.15) is 0 Å². The number of nitrogens with two attached hydrogens (primary N) is 1. The summed E-state index contributed by atoms with van der Waals surface area (Å²) in [5.41, 5.74) is 5.96. The van der Waals surface area contributed by atoms with E-state index in [1.807, 2.05) is 0 Å². The summed E-state index contributed by atoms with van der Waals surface area (Å²) in [5, 5.41) is 0. The van der Waals surface area contributed by atoms with E-state index in [9.17, 15) is 4.79 Å². The van der Waals surface area contributed by atoms with E-state index >= 15 is 0 Å². The molecular weight excluding hydrogens is 222 g/mol. The molecule has 2 fully saturated rings. The molecule has 2 aliphatic rings. The van der Waals surface area contributed by atoms with Gasteiger partial charge < -0.3 is 5.73 Å². The van der Waals surface area contributed by atoms with E-state index in [2.05, 4.69) is 20.8 Å². The van der Waals surface area contributed by atoms with Crippen molar-refractivity contribution in [3.8, 4) is 0 Å². The molecule has 2 nitrogen and oxygen atoms in total. The summed E-state index contributed by atoms with van der Waals surface area (Å²) < 4.78 is 0. The molecule has 2 saturated carbocycles. The third-order valence-corrected chi connectivity index (χ3v) is 5.49. The summed E-state index contributed by atoms with van der Waals surface area (Å²) in [5.74, 6) is 2.69. The minimum Gasteiger partial charge on any atom is -0.319 e. The normalized spacial score (nSPS) is 45.8. The molecule has 0 aromatic heterocycles. The van der Waals surface area contributed by atoms with Crippen molar-refractivity contribution in [3.05, 3.63) is 0 Å². The van der Waals surface area contributed by atoms with Crippen molar-refractivity contribution in [2.24, 2.45) is 29.4 Å². The van der Waals surface area contributed by atoms with Gasteiger partial charge in [-0.1, -0.05) is 33.6 Å². The first-order valence-corrected chi connectivity index (χ1v) is 7.75. The van der Waals surface area contributed by atoms with Crippen LogP contribution in [0.4, 0.5) is 0 Å². The second-order valence-corrected chi connectivity index (χ2v) is 7.19. The highest BCUT2D eigenvalue weighted by Gasteiger charge is 2.42. The van der Waals surface area contributed by atoms with E-state index in [4.69, 9.17) is 5.73 Å². The Morgan fingerprint density at radius 1 is 1.11 bits per heavy atom. The largest absolute Gasteiger partial charge is 0.319 e. The molecule has 104 valence electrons. The minimum absolute atomic E-state index is 0.242. The van der Waals surface area contributed by atoms with E-state index in [1.54, 1.807) is 0 Å². The average molecular weight is 251 g/mol. The van der Waals surface area contributed by atoms with Crippen LogP contribution in [0.1, 0.15) is 65.7 Å². The highest BCUT2D eigenvalue weighted by Crippen LogP contribution is 2.39. The molecule has 0 heterocycles. The Hall–Kier alpha value is -0.370. The van der Waals surface area contributed by atoms with Gasteiger partial charge in [0.05, 0.1) is 5.54 Å². The van der Waals surface area contributed by atoms with Crippen LogP contribution in [0.25, 0.3) is 0 Å². The Balaban J connectivity index is 2.02. The first-order valence-electron chi connectivity index (χ1n) is 7.75. The van der Waals surface area contributed by atoms with Gasteiger partial charge in [0.2, 0.25) is 0 Å². The molecule has 0 spiro atoms. The molecule has 0 bridgehead atoms. The van der Waals surface area contributed by atoms with Gasteiger partial charge in [-0.05, 0) is 49.9 Å². The van der Waals surface area contributed by atoms with Crippen molar-refractivity contribution >= 4 is 5.78 Å². The van der Waals surface area contributed by atoms with Crippen molar-refractivity contribution < 1.29 is 4.79 Å². The highest BCUT2D eigenvalue weighted by atomic mass is 16.1. The van der Waals surface area contributed by atoms with Crippen LogP contribution in [0.15, 0.2) is 0 Å². The Labute approximate surface area is 112 Å². The van der Waals surface area contributed by atoms with Crippen molar-refractivity contribution in [1.82, 2.24) is 0 Å². The number of rotatable bonds is 2. The molecule has 0 radical (unpaired) electrons. The molecule has 5 unspecified atom stereocenters. The summed E-state index contributed by atoms with van der Waals surface area (Å²) in [6, 6.07) is 0. The lowest BCUT2D eigenvalue weighted by Gasteiger charge is -2.40. The zero-order chi connectivity index (χ0) is 13.3. The summed E-state index contributed by atoms with van der Waals surface area (Å²) in [6.45, 7) is 6.84. The van der Waals surface area contributed by atoms with Crippen LogP contribution in [-0.2, 0) is 4.79 Å². The summed E-state index contributed by atoms with van der Waals surface area (Å²) >= 11 is 0. The average Bonchev–Trinajstić information content (AvgIpc) is 2.31. The third kappa shape index (κ3) is 2.79. The fourth-order valence-electron chi connectivity index (χ4n) is 4.01. The number of ketones is 1. The number of Topliss-reactive ketones (excluding diaryl/α,β-unsaturated/α-hetero) is 1. The minimum atomic E-state index is -0.497. The maximum absolute atomic E-state index is 12.7. The molecule has 0 aromatic carbocycles. The maximum atomic E-state index is 12.7. The van der Waals surface area contributed by atoms with Crippen LogP contribution in [-0.4, -0.2) is 11.3 Å². The molecular formula is C16H29NO. The van der Waals surface area contributed by atoms with Gasteiger partial charge in [0.15, 0.2) is 5.78 Å². The fourth-order valence-corrected chi connectivity index (χ4v) is 4.01. The smallest absolute Gasteiger partial charge is 0.155 e. The molecule has 0 amide bonds. The standard InChI is InChI=1S/C16H29NO/c1-11-5-4-8-16(17,10-11)15(18)14-7-6-12(2)13(3)9-14/h11-14H,4-10,17H2,1-3H3. The van der Waals surface area contributed by atoms with E-state index in [1.165, 1.54) is 12.8 Å². The van der Waals surface area contributed by atoms with E-state index in [0.29, 0.717) is 17.6 Å². The van der Waals surface area contributed by atoms with Gasteiger partial charge in [-0.25, -0.2) is 0 Å². The van der Waals surface area contributed by atoms with Crippen LogP contribution in [0.5, 0.6) is 0 Å². The van der Waals surface area contributed by atoms with E-state index < -0.39 is 5.54 Å². The molecule has 0 saturated heterocycles. The van der Waals surface area contributed by atoms with Crippen LogP contribution in [0, 0.1) is 23.7 Å². The lowest BCUT2D eigenvalue weighted by Crippen LogP contribution is -2.54. The van der Waals surface area contributed by atoms with Gasteiger partial charge in [0.1, 0.15) is 0 Å². The number of hydrogen-bond acceptors (Lipinski definition) is 2. The molecule has 18 heavy (non-hydrogen) atoms. The molecule has 2 rings (SSSR count). The number of hydrogen-bond donors (Lipinski definition) is 1. The van der Waals surface area contributed by atoms with Crippen molar-refractivity contribution in [2.75, 3.05) is 0 Å². The second kappa shape index (κ2) is 5.32. The van der Waals surface area contributed by atoms with Crippen LogP contribution in [0.2, 0.25) is 0 Å². The summed E-state index contributed by atoms with van der Waals surface area (Å²) in [6.07, 6.45) is 7.52. The lowest BCUT2D eigenvalue weighted by atomic mass is 9.66. The van der Waals surface area contributed by atoms with Gasteiger partial charge in [-0.15, -0.1) is 0 Å².